The molecule has 0 radical (unpaired) electrons. The zero-order valence-electron chi connectivity index (χ0n) is 12.3. The van der Waals surface area contributed by atoms with E-state index in [0.717, 1.165) is 23.5 Å². The number of aryl methyl sites for hydroxylation is 1. The standard InChI is InChI=1S/C15H18N4O.2ClH/c1-11-2-4-12(5-3-11)14(16)15(20)19-9-8-18-7-6-17-13(18)10-19;;/h2-7,14H,8-10,16H2,1H3;2*1H. The van der Waals surface area contributed by atoms with Gasteiger partial charge in [-0.2, -0.15) is 0 Å². The van der Waals surface area contributed by atoms with Crippen LogP contribution in [-0.4, -0.2) is 26.9 Å². The van der Waals surface area contributed by atoms with Gasteiger partial charge in [0.05, 0.1) is 6.54 Å². The molecule has 0 saturated heterocycles. The number of rotatable bonds is 2. The third-order valence-electron chi connectivity index (χ3n) is 3.76. The zero-order valence-corrected chi connectivity index (χ0v) is 13.9. The van der Waals surface area contributed by atoms with E-state index in [1.54, 1.807) is 11.1 Å². The molecule has 2 N–H and O–H groups in total. The Morgan fingerprint density at radius 2 is 1.91 bits per heavy atom. The van der Waals surface area contributed by atoms with Crippen LogP contribution in [0.25, 0.3) is 0 Å². The number of nitrogens with two attached hydrogens (primary N) is 1. The van der Waals surface area contributed by atoms with Crippen molar-refractivity contribution >= 4 is 30.7 Å². The maximum absolute atomic E-state index is 12.5. The molecule has 0 bridgehead atoms. The molecule has 7 heteroatoms. The van der Waals surface area contributed by atoms with Crippen molar-refractivity contribution in [2.45, 2.75) is 26.1 Å². The molecule has 0 aliphatic carbocycles. The summed E-state index contributed by atoms with van der Waals surface area (Å²) in [5, 5.41) is 0. The van der Waals surface area contributed by atoms with E-state index in [0.29, 0.717) is 13.1 Å². The van der Waals surface area contributed by atoms with Crippen LogP contribution in [0.5, 0.6) is 0 Å². The fourth-order valence-corrected chi connectivity index (χ4v) is 2.47. The largest absolute Gasteiger partial charge is 0.332 e. The van der Waals surface area contributed by atoms with E-state index < -0.39 is 6.04 Å². The van der Waals surface area contributed by atoms with E-state index in [-0.39, 0.29) is 30.7 Å². The summed E-state index contributed by atoms with van der Waals surface area (Å²) in [6.45, 7) is 4.01. The summed E-state index contributed by atoms with van der Waals surface area (Å²) in [5.41, 5.74) is 8.11. The molecule has 1 aromatic heterocycles. The van der Waals surface area contributed by atoms with E-state index in [2.05, 4.69) is 9.55 Å². The molecule has 0 spiro atoms. The fourth-order valence-electron chi connectivity index (χ4n) is 2.47. The smallest absolute Gasteiger partial charge is 0.244 e. The maximum atomic E-state index is 12.5. The van der Waals surface area contributed by atoms with Crippen LogP contribution in [0.1, 0.15) is 23.0 Å². The van der Waals surface area contributed by atoms with Gasteiger partial charge in [-0.05, 0) is 12.5 Å². The van der Waals surface area contributed by atoms with Crippen LogP contribution in [-0.2, 0) is 17.9 Å². The van der Waals surface area contributed by atoms with E-state index in [4.69, 9.17) is 5.73 Å². The summed E-state index contributed by atoms with van der Waals surface area (Å²) < 4.78 is 2.07. The molecule has 0 saturated carbocycles. The van der Waals surface area contributed by atoms with Crippen molar-refractivity contribution < 1.29 is 4.79 Å². The SMILES string of the molecule is Cc1ccc(C(N)C(=O)N2CCn3ccnc3C2)cc1.Cl.Cl. The second-order valence-corrected chi connectivity index (χ2v) is 5.19. The van der Waals surface area contributed by atoms with Gasteiger partial charge in [-0.15, -0.1) is 24.8 Å². The molecule has 3 rings (SSSR count). The summed E-state index contributed by atoms with van der Waals surface area (Å²) in [5.74, 6) is 0.879. The number of nitrogens with zero attached hydrogens (tertiary/aromatic N) is 3. The fraction of sp³-hybridized carbons (Fsp3) is 0.333. The Balaban J connectivity index is 0.00000121. The third-order valence-corrected chi connectivity index (χ3v) is 3.76. The Morgan fingerprint density at radius 3 is 2.59 bits per heavy atom. The Morgan fingerprint density at radius 1 is 1.23 bits per heavy atom. The molecule has 120 valence electrons. The summed E-state index contributed by atoms with van der Waals surface area (Å²) in [7, 11) is 0. The normalized spacial score (nSPS) is 14.4. The van der Waals surface area contributed by atoms with Crippen molar-refractivity contribution in [2.75, 3.05) is 6.54 Å². The number of hydrogen-bond acceptors (Lipinski definition) is 3. The monoisotopic (exact) mass is 342 g/mol. The zero-order chi connectivity index (χ0) is 14.1. The van der Waals surface area contributed by atoms with Crippen molar-refractivity contribution in [1.82, 2.24) is 14.5 Å². The molecule has 2 aromatic rings. The van der Waals surface area contributed by atoms with Crippen LogP contribution in [0, 0.1) is 6.92 Å². The number of amides is 1. The van der Waals surface area contributed by atoms with Gasteiger partial charge in [-0.25, -0.2) is 4.98 Å². The molecule has 22 heavy (non-hydrogen) atoms. The first-order valence-corrected chi connectivity index (χ1v) is 6.76. The highest BCUT2D eigenvalue weighted by Crippen LogP contribution is 2.18. The Bertz CT molecular complexity index is 627. The van der Waals surface area contributed by atoms with Gasteiger partial charge in [0.25, 0.3) is 0 Å². The average Bonchev–Trinajstić information content (AvgIpc) is 2.94. The highest BCUT2D eigenvalue weighted by Gasteiger charge is 2.26. The van der Waals surface area contributed by atoms with Crippen LogP contribution < -0.4 is 5.73 Å². The summed E-state index contributed by atoms with van der Waals surface area (Å²) >= 11 is 0. The van der Waals surface area contributed by atoms with Crippen LogP contribution in [0.4, 0.5) is 0 Å². The van der Waals surface area contributed by atoms with Gasteiger partial charge in [0.1, 0.15) is 11.9 Å². The van der Waals surface area contributed by atoms with Gasteiger partial charge in [-0.3, -0.25) is 4.79 Å². The number of carbonyl (C=O) groups excluding carboxylic acids is 1. The van der Waals surface area contributed by atoms with Gasteiger partial charge in [0, 0.05) is 25.5 Å². The minimum atomic E-state index is -0.600. The number of benzene rings is 1. The van der Waals surface area contributed by atoms with Crippen LogP contribution in [0.3, 0.4) is 0 Å². The number of imidazole rings is 1. The first kappa shape index (κ1) is 18.5. The van der Waals surface area contributed by atoms with Crippen LogP contribution in [0.15, 0.2) is 36.7 Å². The number of aromatic nitrogens is 2. The number of halogens is 2. The Hall–Kier alpha value is -1.56. The van der Waals surface area contributed by atoms with Crippen molar-refractivity contribution in [2.24, 2.45) is 5.73 Å². The van der Waals surface area contributed by atoms with Crippen LogP contribution in [0.2, 0.25) is 0 Å². The molecule has 1 atom stereocenters. The second kappa shape index (κ2) is 7.63. The summed E-state index contributed by atoms with van der Waals surface area (Å²) in [6, 6.07) is 7.19. The Labute approximate surface area is 142 Å². The number of hydrogen-bond donors (Lipinski definition) is 1. The van der Waals surface area contributed by atoms with Crippen molar-refractivity contribution in [3.63, 3.8) is 0 Å². The predicted octanol–water partition coefficient (Wildman–Crippen LogP) is 2.08. The second-order valence-electron chi connectivity index (χ2n) is 5.19. The van der Waals surface area contributed by atoms with Gasteiger partial charge in [0.2, 0.25) is 5.91 Å². The van der Waals surface area contributed by atoms with Gasteiger partial charge in [-0.1, -0.05) is 29.8 Å². The summed E-state index contributed by atoms with van der Waals surface area (Å²) in [6.07, 6.45) is 3.71. The van der Waals surface area contributed by atoms with E-state index in [1.165, 1.54) is 0 Å². The highest BCUT2D eigenvalue weighted by molar-refractivity contribution is 5.85. The molecule has 5 nitrogen and oxygen atoms in total. The molecule has 1 unspecified atom stereocenters. The number of fused-ring (bicyclic) bond motifs is 1. The van der Waals surface area contributed by atoms with Crippen LogP contribution >= 0.6 is 24.8 Å². The van der Waals surface area contributed by atoms with Gasteiger partial charge < -0.3 is 15.2 Å². The Kier molecular flexibility index (Phi) is 6.41. The first-order valence-electron chi connectivity index (χ1n) is 6.76. The molecule has 0 fully saturated rings. The number of carbonyl (C=O) groups is 1. The highest BCUT2D eigenvalue weighted by atomic mass is 35.5. The lowest BCUT2D eigenvalue weighted by Crippen LogP contribution is -2.43. The maximum Gasteiger partial charge on any atom is 0.244 e. The minimum absolute atomic E-state index is 0. The van der Waals surface area contributed by atoms with E-state index in [9.17, 15) is 4.79 Å². The lowest BCUT2D eigenvalue weighted by Gasteiger charge is -2.29. The quantitative estimate of drug-likeness (QED) is 0.908. The van der Waals surface area contributed by atoms with Gasteiger partial charge in [0.15, 0.2) is 0 Å². The molecule has 1 aliphatic heterocycles. The molecule has 1 aromatic carbocycles. The summed E-state index contributed by atoms with van der Waals surface area (Å²) in [4.78, 5) is 18.5. The topological polar surface area (TPSA) is 64.2 Å². The van der Waals surface area contributed by atoms with Crippen molar-refractivity contribution in [1.29, 1.82) is 0 Å². The lowest BCUT2D eigenvalue weighted by atomic mass is 10.0. The molecule has 1 aliphatic rings. The third kappa shape index (κ3) is 3.61. The molecule has 1 amide bonds. The average molecular weight is 343 g/mol. The minimum Gasteiger partial charge on any atom is -0.332 e. The van der Waals surface area contributed by atoms with Crippen molar-refractivity contribution in [3.05, 3.63) is 53.6 Å². The van der Waals surface area contributed by atoms with Crippen molar-refractivity contribution in [3.8, 4) is 0 Å². The molecular weight excluding hydrogens is 323 g/mol. The van der Waals surface area contributed by atoms with E-state index >= 15 is 0 Å². The molecule has 2 heterocycles. The van der Waals surface area contributed by atoms with Gasteiger partial charge >= 0.3 is 0 Å². The molecular formula is C15H20Cl2N4O. The van der Waals surface area contributed by atoms with E-state index in [1.807, 2.05) is 37.4 Å². The predicted molar refractivity (Wildman–Crippen MR) is 90.2 cm³/mol. The lowest BCUT2D eigenvalue weighted by molar-refractivity contribution is -0.134. The first-order chi connectivity index (χ1) is 9.65.